The molecule has 0 atom stereocenters. The standard InChI is InChI=1S/C17H12FNO2/c1-10-15(18)7-8-16(19-10)13-4-2-3-11-5-6-12(17(20)21)9-14(11)13/h2-9H,1H3,(H,20,21). The molecule has 0 saturated carbocycles. The smallest absolute Gasteiger partial charge is 0.335 e. The van der Waals surface area contributed by atoms with Gasteiger partial charge in [0.1, 0.15) is 5.82 Å². The summed E-state index contributed by atoms with van der Waals surface area (Å²) < 4.78 is 13.4. The molecule has 0 fully saturated rings. The van der Waals surface area contributed by atoms with Crippen LogP contribution in [0, 0.1) is 12.7 Å². The molecule has 21 heavy (non-hydrogen) atoms. The summed E-state index contributed by atoms with van der Waals surface area (Å²) in [6.45, 7) is 1.60. The van der Waals surface area contributed by atoms with E-state index in [1.165, 1.54) is 6.07 Å². The van der Waals surface area contributed by atoms with Crippen LogP contribution in [0.3, 0.4) is 0 Å². The zero-order valence-corrected chi connectivity index (χ0v) is 11.3. The van der Waals surface area contributed by atoms with Gasteiger partial charge in [0.15, 0.2) is 0 Å². The van der Waals surface area contributed by atoms with Crippen LogP contribution >= 0.6 is 0 Å². The molecule has 0 bridgehead atoms. The maximum Gasteiger partial charge on any atom is 0.335 e. The zero-order chi connectivity index (χ0) is 15.0. The molecule has 0 unspecified atom stereocenters. The van der Waals surface area contributed by atoms with Crippen molar-refractivity contribution in [1.82, 2.24) is 4.98 Å². The van der Waals surface area contributed by atoms with Gasteiger partial charge in [0.05, 0.1) is 17.0 Å². The van der Waals surface area contributed by atoms with Crippen LogP contribution in [0.15, 0.2) is 48.5 Å². The highest BCUT2D eigenvalue weighted by molar-refractivity contribution is 6.00. The molecule has 2 aromatic carbocycles. The van der Waals surface area contributed by atoms with E-state index in [9.17, 15) is 9.18 Å². The van der Waals surface area contributed by atoms with Gasteiger partial charge in [0.25, 0.3) is 0 Å². The third-order valence-corrected chi connectivity index (χ3v) is 3.43. The van der Waals surface area contributed by atoms with Crippen LogP contribution in [0.5, 0.6) is 0 Å². The van der Waals surface area contributed by atoms with Gasteiger partial charge in [-0.15, -0.1) is 0 Å². The molecule has 4 heteroatoms. The monoisotopic (exact) mass is 281 g/mol. The number of nitrogens with zero attached hydrogens (tertiary/aromatic N) is 1. The van der Waals surface area contributed by atoms with Crippen molar-refractivity contribution in [1.29, 1.82) is 0 Å². The van der Waals surface area contributed by atoms with E-state index < -0.39 is 5.97 Å². The average molecular weight is 281 g/mol. The lowest BCUT2D eigenvalue weighted by atomic mass is 9.99. The Balaban J connectivity index is 2.28. The van der Waals surface area contributed by atoms with Gasteiger partial charge in [-0.05, 0) is 42.0 Å². The van der Waals surface area contributed by atoms with Crippen LogP contribution < -0.4 is 0 Å². The van der Waals surface area contributed by atoms with Crippen molar-refractivity contribution in [3.8, 4) is 11.3 Å². The van der Waals surface area contributed by atoms with E-state index >= 15 is 0 Å². The van der Waals surface area contributed by atoms with Crippen LogP contribution in [0.25, 0.3) is 22.0 Å². The number of aromatic carboxylic acids is 1. The summed E-state index contributed by atoms with van der Waals surface area (Å²) in [6.07, 6.45) is 0. The molecule has 1 N–H and O–H groups in total. The predicted molar refractivity (Wildman–Crippen MR) is 78.8 cm³/mol. The predicted octanol–water partition coefficient (Wildman–Crippen LogP) is 4.05. The lowest BCUT2D eigenvalue weighted by Crippen LogP contribution is -1.96. The number of carboxylic acids is 1. The van der Waals surface area contributed by atoms with Gasteiger partial charge in [-0.25, -0.2) is 9.18 Å². The molecule has 0 aliphatic carbocycles. The van der Waals surface area contributed by atoms with E-state index in [1.807, 2.05) is 18.2 Å². The number of pyridine rings is 1. The first-order valence-electron chi connectivity index (χ1n) is 6.46. The third-order valence-electron chi connectivity index (χ3n) is 3.43. The fraction of sp³-hybridized carbons (Fsp3) is 0.0588. The number of carboxylic acid groups (broad SMARTS) is 1. The van der Waals surface area contributed by atoms with E-state index in [4.69, 9.17) is 5.11 Å². The second-order valence-corrected chi connectivity index (χ2v) is 4.81. The third kappa shape index (κ3) is 2.36. The number of hydrogen-bond acceptors (Lipinski definition) is 2. The molecule has 0 spiro atoms. The highest BCUT2D eigenvalue weighted by Gasteiger charge is 2.10. The molecule has 104 valence electrons. The van der Waals surface area contributed by atoms with E-state index in [2.05, 4.69) is 4.98 Å². The van der Waals surface area contributed by atoms with Crippen molar-refractivity contribution in [2.75, 3.05) is 0 Å². The largest absolute Gasteiger partial charge is 0.478 e. The molecule has 0 saturated heterocycles. The Labute approximate surface area is 120 Å². The van der Waals surface area contributed by atoms with Crippen LogP contribution in [-0.2, 0) is 0 Å². The van der Waals surface area contributed by atoms with E-state index in [0.717, 1.165) is 16.3 Å². The van der Waals surface area contributed by atoms with E-state index in [0.29, 0.717) is 11.4 Å². The zero-order valence-electron chi connectivity index (χ0n) is 11.3. The first-order valence-corrected chi connectivity index (χ1v) is 6.46. The Morgan fingerprint density at radius 2 is 1.95 bits per heavy atom. The number of carbonyl (C=O) groups is 1. The van der Waals surface area contributed by atoms with Crippen LogP contribution in [-0.4, -0.2) is 16.1 Å². The molecule has 0 aliphatic heterocycles. The molecule has 0 aliphatic rings. The van der Waals surface area contributed by atoms with Gasteiger partial charge in [-0.2, -0.15) is 0 Å². The minimum atomic E-state index is -0.977. The second-order valence-electron chi connectivity index (χ2n) is 4.81. The summed E-state index contributed by atoms with van der Waals surface area (Å²) in [5.74, 6) is -1.33. The number of hydrogen-bond donors (Lipinski definition) is 1. The maximum absolute atomic E-state index is 13.4. The number of aryl methyl sites for hydroxylation is 1. The quantitative estimate of drug-likeness (QED) is 0.771. The van der Waals surface area contributed by atoms with Gasteiger partial charge in [0, 0.05) is 5.56 Å². The first-order chi connectivity index (χ1) is 10.1. The Bertz CT molecular complexity index is 859. The molecular weight excluding hydrogens is 269 g/mol. The first kappa shape index (κ1) is 13.2. The molecule has 0 amide bonds. The van der Waals surface area contributed by atoms with Crippen molar-refractivity contribution in [2.45, 2.75) is 6.92 Å². The lowest BCUT2D eigenvalue weighted by molar-refractivity contribution is 0.0697. The molecule has 0 radical (unpaired) electrons. The number of rotatable bonds is 2. The SMILES string of the molecule is Cc1nc(-c2cccc3ccc(C(=O)O)cc23)ccc1F. The summed E-state index contributed by atoms with van der Waals surface area (Å²) in [6, 6.07) is 13.6. The maximum atomic E-state index is 13.4. The normalized spacial score (nSPS) is 10.8. The molecule has 3 nitrogen and oxygen atoms in total. The second kappa shape index (κ2) is 4.98. The number of aromatic nitrogens is 1. The van der Waals surface area contributed by atoms with Crippen molar-refractivity contribution in [3.63, 3.8) is 0 Å². The average Bonchev–Trinajstić information content (AvgIpc) is 2.49. The molecule has 3 aromatic rings. The molecule has 3 rings (SSSR count). The molecule has 1 heterocycles. The Morgan fingerprint density at radius 1 is 1.14 bits per heavy atom. The minimum Gasteiger partial charge on any atom is -0.478 e. The summed E-state index contributed by atoms with van der Waals surface area (Å²) in [7, 11) is 0. The highest BCUT2D eigenvalue weighted by Crippen LogP contribution is 2.28. The fourth-order valence-electron chi connectivity index (χ4n) is 2.32. The minimum absolute atomic E-state index is 0.216. The topological polar surface area (TPSA) is 50.2 Å². The van der Waals surface area contributed by atoms with Crippen LogP contribution in [0.4, 0.5) is 4.39 Å². The lowest BCUT2D eigenvalue weighted by Gasteiger charge is -2.08. The Kier molecular flexibility index (Phi) is 3.14. The Hall–Kier alpha value is -2.75. The van der Waals surface area contributed by atoms with Gasteiger partial charge in [-0.1, -0.05) is 24.3 Å². The Morgan fingerprint density at radius 3 is 2.67 bits per heavy atom. The van der Waals surface area contributed by atoms with Crippen molar-refractivity contribution in [2.24, 2.45) is 0 Å². The fourth-order valence-corrected chi connectivity index (χ4v) is 2.32. The van der Waals surface area contributed by atoms with Gasteiger partial charge < -0.3 is 5.11 Å². The number of benzene rings is 2. The summed E-state index contributed by atoms with van der Waals surface area (Å²) in [4.78, 5) is 15.4. The van der Waals surface area contributed by atoms with Gasteiger partial charge in [-0.3, -0.25) is 4.98 Å². The van der Waals surface area contributed by atoms with Crippen molar-refractivity contribution >= 4 is 16.7 Å². The highest BCUT2D eigenvalue weighted by atomic mass is 19.1. The van der Waals surface area contributed by atoms with Crippen molar-refractivity contribution < 1.29 is 14.3 Å². The van der Waals surface area contributed by atoms with E-state index in [1.54, 1.807) is 31.2 Å². The van der Waals surface area contributed by atoms with Gasteiger partial charge in [0.2, 0.25) is 0 Å². The van der Waals surface area contributed by atoms with Crippen molar-refractivity contribution in [3.05, 3.63) is 65.6 Å². The summed E-state index contributed by atoms with van der Waals surface area (Å²) in [5.41, 5.74) is 1.95. The van der Waals surface area contributed by atoms with Crippen LogP contribution in [0.2, 0.25) is 0 Å². The molecular formula is C17H12FNO2. The van der Waals surface area contributed by atoms with Crippen LogP contribution in [0.1, 0.15) is 16.1 Å². The number of halogens is 1. The van der Waals surface area contributed by atoms with E-state index in [-0.39, 0.29) is 11.4 Å². The van der Waals surface area contributed by atoms with Gasteiger partial charge >= 0.3 is 5.97 Å². The molecule has 1 aromatic heterocycles. The number of fused-ring (bicyclic) bond motifs is 1. The summed E-state index contributed by atoms with van der Waals surface area (Å²) >= 11 is 0. The summed E-state index contributed by atoms with van der Waals surface area (Å²) in [5, 5.41) is 10.8.